The van der Waals surface area contributed by atoms with Gasteiger partial charge in [-0.2, -0.15) is 0 Å². The van der Waals surface area contributed by atoms with E-state index in [2.05, 4.69) is 154 Å². The van der Waals surface area contributed by atoms with E-state index >= 15 is 0 Å². The molecule has 0 unspecified atom stereocenters. The van der Waals surface area contributed by atoms with Gasteiger partial charge in [-0.25, -0.2) is 0 Å². The van der Waals surface area contributed by atoms with Crippen LogP contribution in [0.5, 0.6) is 0 Å². The molecule has 3 aromatic heterocycles. The molecule has 0 amide bonds. The van der Waals surface area contributed by atoms with Crippen LogP contribution in [0, 0.1) is 18.1 Å². The van der Waals surface area contributed by atoms with E-state index in [9.17, 15) is 0 Å². The predicted molar refractivity (Wildman–Crippen MR) is 256 cm³/mol. The molecule has 0 N–H and O–H groups in total. The first-order valence-electron chi connectivity index (χ1n) is 22.2. The van der Waals surface area contributed by atoms with E-state index in [1.807, 2.05) is 68.6 Å². The second-order valence-electron chi connectivity index (χ2n) is 17.6. The second-order valence-corrected chi connectivity index (χ2v) is 22.6. The largest absolute Gasteiger partial charge is 0.500 e. The molecule has 0 saturated carbocycles. The van der Waals surface area contributed by atoms with Crippen LogP contribution in [-0.2, 0) is 26.5 Å². The first-order chi connectivity index (χ1) is 29.6. The maximum absolute atomic E-state index is 8.55. The van der Waals surface area contributed by atoms with Crippen molar-refractivity contribution in [1.29, 1.82) is 0 Å². The normalized spacial score (nSPS) is 12.5. The topological polar surface area (TPSA) is 43.9 Å². The van der Waals surface area contributed by atoms with Gasteiger partial charge in [0.1, 0.15) is 5.58 Å². The zero-order chi connectivity index (χ0) is 43.9. The molecule has 9 aromatic rings. The van der Waals surface area contributed by atoms with Crippen LogP contribution in [0.2, 0.25) is 19.6 Å². The number of hydrogen-bond donors (Lipinski definition) is 0. The van der Waals surface area contributed by atoms with Crippen molar-refractivity contribution in [3.63, 3.8) is 0 Å². The summed E-state index contributed by atoms with van der Waals surface area (Å²) >= 11 is 0. The Morgan fingerprint density at radius 1 is 0.689 bits per heavy atom. The van der Waals surface area contributed by atoms with Gasteiger partial charge in [0.15, 0.2) is 0 Å². The average molecular weight is 996 g/mol. The van der Waals surface area contributed by atoms with E-state index < -0.39 is 14.4 Å². The van der Waals surface area contributed by atoms with Gasteiger partial charge in [-0.05, 0) is 87.6 Å². The van der Waals surface area contributed by atoms with Crippen molar-refractivity contribution in [3.8, 4) is 39.5 Å². The molecule has 0 atom stereocenters. The van der Waals surface area contributed by atoms with Crippen molar-refractivity contribution in [3.05, 3.63) is 168 Å². The molecule has 0 bridgehead atoms. The van der Waals surface area contributed by atoms with Gasteiger partial charge in [0.25, 0.3) is 0 Å². The molecule has 0 aliphatic carbocycles. The van der Waals surface area contributed by atoms with Crippen LogP contribution in [-0.4, -0.2) is 22.6 Å². The fourth-order valence-electron chi connectivity index (χ4n) is 8.03. The molecule has 3 heterocycles. The summed E-state index contributed by atoms with van der Waals surface area (Å²) in [4.78, 5) is 9.80. The van der Waals surface area contributed by atoms with E-state index in [-0.39, 0.29) is 26.0 Å². The number of furan rings is 1. The van der Waals surface area contributed by atoms with Gasteiger partial charge in [-0.15, -0.1) is 59.7 Å². The number of pyridine rings is 1. The Hall–Kier alpha value is -5.39. The minimum absolute atomic E-state index is 0. The summed E-state index contributed by atoms with van der Waals surface area (Å²) in [6, 6.07) is 52.5. The Morgan fingerprint density at radius 3 is 2.03 bits per heavy atom. The van der Waals surface area contributed by atoms with Crippen molar-refractivity contribution in [2.24, 2.45) is 5.92 Å². The number of rotatable bonds is 9. The molecule has 4 nitrogen and oxygen atoms in total. The molecule has 311 valence electrons. The number of fused-ring (bicyclic) bond motifs is 4. The van der Waals surface area contributed by atoms with Crippen molar-refractivity contribution < 1.29 is 27.3 Å². The van der Waals surface area contributed by atoms with Gasteiger partial charge in [0.05, 0.1) is 30.5 Å². The smallest absolute Gasteiger partial charge is 0.120 e. The zero-order valence-electron chi connectivity index (χ0n) is 38.6. The Kier molecular flexibility index (Phi) is 12.3. The summed E-state index contributed by atoms with van der Waals surface area (Å²) in [5.41, 5.74) is 13.6. The van der Waals surface area contributed by atoms with Crippen LogP contribution in [0.3, 0.4) is 0 Å². The van der Waals surface area contributed by atoms with Crippen LogP contribution >= 0.6 is 0 Å². The SMILES string of the molecule is CC(C)c1cc(-c2ccccc2)cc(C(C)C)c1-n1c(-c2[c-]cc3oc4ccccc4c3c2)nc2ccccc21.[2H]C([2H])(c1cc(-c2[c-]cccc2)ncc1[Si](C)(C)C)C(C)C.[Ir]. The molecule has 6 aromatic carbocycles. The van der Waals surface area contributed by atoms with E-state index in [1.54, 1.807) is 0 Å². The third-order valence-corrected chi connectivity index (χ3v) is 13.0. The Labute approximate surface area is 379 Å². The minimum atomic E-state index is -1.67. The number of aromatic nitrogens is 3. The molecule has 61 heavy (non-hydrogen) atoms. The van der Waals surface area contributed by atoms with Crippen LogP contribution < -0.4 is 5.19 Å². The minimum Gasteiger partial charge on any atom is -0.500 e. The number of imidazole rings is 1. The molecule has 9 rings (SSSR count). The molecule has 0 spiro atoms. The van der Waals surface area contributed by atoms with Gasteiger partial charge in [0, 0.05) is 40.1 Å². The summed E-state index contributed by atoms with van der Waals surface area (Å²) in [7, 11) is -1.67. The second kappa shape index (κ2) is 18.3. The van der Waals surface area contributed by atoms with Gasteiger partial charge in [-0.1, -0.05) is 139 Å². The third-order valence-electron chi connectivity index (χ3n) is 11.0. The molecule has 0 aliphatic heterocycles. The first-order valence-corrected chi connectivity index (χ1v) is 24.7. The van der Waals surface area contributed by atoms with Gasteiger partial charge in [-0.3, -0.25) is 4.98 Å². The molecule has 0 saturated heterocycles. The van der Waals surface area contributed by atoms with E-state index in [0.29, 0.717) is 11.8 Å². The van der Waals surface area contributed by atoms with Crippen LogP contribution in [0.1, 0.15) is 72.8 Å². The zero-order valence-corrected chi connectivity index (χ0v) is 40.0. The van der Waals surface area contributed by atoms with Gasteiger partial charge < -0.3 is 14.0 Å². The van der Waals surface area contributed by atoms with Crippen LogP contribution in [0.4, 0.5) is 0 Å². The summed E-state index contributed by atoms with van der Waals surface area (Å²) in [5, 5.41) is 3.29. The van der Waals surface area contributed by atoms with E-state index in [1.165, 1.54) is 27.9 Å². The third kappa shape index (κ3) is 9.14. The maximum Gasteiger partial charge on any atom is 0.120 e. The average Bonchev–Trinajstić information content (AvgIpc) is 3.84. The first kappa shape index (κ1) is 41.0. The number of nitrogens with zero attached hydrogens (tertiary/aromatic N) is 3. The molecular formula is C55H55IrN3OSi-2. The summed E-state index contributed by atoms with van der Waals surface area (Å²) in [5.74, 6) is 1.44. The standard InChI is InChI=1S/C37H31N2O.C18H24NSi.Ir/c1-23(2)29-21-27(25-12-6-5-7-13-25)22-30(24(3)4)36(29)39-33-16-10-9-15-32(33)38-37(39)26-18-19-35-31(20-26)28-14-8-11-17-34(28)40-35;1-14(2)11-16-12-17(15-9-7-6-8-10-15)19-13-18(16)20(3,4)5;/h5-17,19-24H,1-4H3;6-9,12-14H,11H2,1-5H3;/q2*-1;/i;11D2;. The Bertz CT molecular complexity index is 2990. The fraction of sp³-hybridized carbons (Fsp3) is 0.236. The van der Waals surface area contributed by atoms with Gasteiger partial charge in [0.2, 0.25) is 0 Å². The number of benzene rings is 6. The predicted octanol–water partition coefficient (Wildman–Crippen LogP) is 14.6. The molecule has 0 fully saturated rings. The van der Waals surface area contributed by atoms with Crippen molar-refractivity contribution in [2.75, 3.05) is 0 Å². The molecule has 1 radical (unpaired) electrons. The summed E-state index contributed by atoms with van der Waals surface area (Å²) < 4.78 is 25.6. The Balaban J connectivity index is 0.000000221. The quantitative estimate of drug-likeness (QED) is 0.107. The fourth-order valence-corrected chi connectivity index (χ4v) is 9.44. The molecular weight excluding hydrogens is 939 g/mol. The van der Waals surface area contributed by atoms with Crippen molar-refractivity contribution >= 4 is 46.2 Å². The molecule has 0 aliphatic rings. The van der Waals surface area contributed by atoms with Crippen LogP contribution in [0.25, 0.3) is 72.4 Å². The Morgan fingerprint density at radius 2 is 1.36 bits per heavy atom. The monoisotopic (exact) mass is 996 g/mol. The van der Waals surface area contributed by atoms with E-state index in [4.69, 9.17) is 12.1 Å². The molecule has 6 heteroatoms. The summed E-state index contributed by atoms with van der Waals surface area (Å²) in [6.45, 7) is 19.7. The summed E-state index contributed by atoms with van der Waals surface area (Å²) in [6.07, 6.45) is 0.528. The maximum atomic E-state index is 8.55. The van der Waals surface area contributed by atoms with E-state index in [0.717, 1.165) is 66.4 Å². The number of hydrogen-bond acceptors (Lipinski definition) is 3. The number of para-hydroxylation sites is 3. The van der Waals surface area contributed by atoms with Crippen molar-refractivity contribution in [2.45, 2.75) is 79.4 Å². The van der Waals surface area contributed by atoms with Gasteiger partial charge >= 0.3 is 0 Å². The van der Waals surface area contributed by atoms with Crippen LogP contribution in [0.15, 0.2) is 144 Å². The van der Waals surface area contributed by atoms with Crippen molar-refractivity contribution in [1.82, 2.24) is 14.5 Å².